The SMILES string of the molecule is CC(C)c1nc(-c2ccc3c(c2F)CCN3C(=O)Nc2cc(C(F)(F)F)ccc2F)c2c(N)nccn12. The minimum absolute atomic E-state index is 0.0102. The van der Waals surface area contributed by atoms with E-state index < -0.39 is 35.1 Å². The highest BCUT2D eigenvalue weighted by Crippen LogP contribution is 2.39. The zero-order chi connectivity index (χ0) is 26.6. The third-order valence-corrected chi connectivity index (χ3v) is 6.26. The number of nitrogens with one attached hydrogen (secondary N) is 1. The van der Waals surface area contributed by atoms with Gasteiger partial charge in [-0.2, -0.15) is 13.2 Å². The summed E-state index contributed by atoms with van der Waals surface area (Å²) in [7, 11) is 0. The molecule has 5 rings (SSSR count). The molecule has 0 spiro atoms. The van der Waals surface area contributed by atoms with Gasteiger partial charge in [-0.15, -0.1) is 0 Å². The Balaban J connectivity index is 1.50. The first kappa shape index (κ1) is 24.5. The fraction of sp³-hybridized carbons (Fsp3) is 0.240. The van der Waals surface area contributed by atoms with Crippen molar-refractivity contribution in [3.8, 4) is 11.3 Å². The Labute approximate surface area is 207 Å². The van der Waals surface area contributed by atoms with Gasteiger partial charge >= 0.3 is 12.2 Å². The Morgan fingerprint density at radius 2 is 1.92 bits per heavy atom. The van der Waals surface area contributed by atoms with Crippen molar-refractivity contribution in [3.05, 3.63) is 71.3 Å². The van der Waals surface area contributed by atoms with Gasteiger partial charge in [0.05, 0.1) is 16.9 Å². The van der Waals surface area contributed by atoms with Gasteiger partial charge in [0, 0.05) is 36.0 Å². The lowest BCUT2D eigenvalue weighted by Crippen LogP contribution is -2.33. The highest BCUT2D eigenvalue weighted by molar-refractivity contribution is 6.03. The van der Waals surface area contributed by atoms with E-state index in [0.717, 1.165) is 4.90 Å². The minimum Gasteiger partial charge on any atom is -0.382 e. The van der Waals surface area contributed by atoms with Crippen molar-refractivity contribution in [1.82, 2.24) is 14.4 Å². The molecular weight excluding hydrogens is 495 g/mol. The molecule has 7 nitrogen and oxygen atoms in total. The van der Waals surface area contributed by atoms with Crippen molar-refractivity contribution >= 4 is 28.7 Å². The van der Waals surface area contributed by atoms with Crippen LogP contribution in [0, 0.1) is 11.6 Å². The smallest absolute Gasteiger partial charge is 0.382 e. The second-order valence-electron chi connectivity index (χ2n) is 8.95. The van der Waals surface area contributed by atoms with Crippen molar-refractivity contribution in [3.63, 3.8) is 0 Å². The Morgan fingerprint density at radius 1 is 1.16 bits per heavy atom. The molecule has 0 unspecified atom stereocenters. The highest BCUT2D eigenvalue weighted by Gasteiger charge is 2.33. The van der Waals surface area contributed by atoms with Crippen LogP contribution in [-0.2, 0) is 12.6 Å². The number of carbonyl (C=O) groups excluding carboxylic acids is 1. The number of hydrogen-bond acceptors (Lipinski definition) is 4. The molecule has 0 bridgehead atoms. The average Bonchev–Trinajstić information content (AvgIpc) is 3.43. The van der Waals surface area contributed by atoms with Crippen LogP contribution < -0.4 is 16.0 Å². The molecule has 3 N–H and O–H groups in total. The van der Waals surface area contributed by atoms with Gasteiger partial charge in [0.15, 0.2) is 0 Å². The van der Waals surface area contributed by atoms with Crippen LogP contribution in [-0.4, -0.2) is 26.9 Å². The molecule has 0 saturated heterocycles. The Bertz CT molecular complexity index is 1550. The molecule has 2 aromatic carbocycles. The van der Waals surface area contributed by atoms with Crippen molar-refractivity contribution in [2.75, 3.05) is 22.5 Å². The summed E-state index contributed by atoms with van der Waals surface area (Å²) in [4.78, 5) is 22.7. The van der Waals surface area contributed by atoms with Crippen LogP contribution in [0.15, 0.2) is 42.7 Å². The molecule has 37 heavy (non-hydrogen) atoms. The second-order valence-corrected chi connectivity index (χ2v) is 8.95. The zero-order valence-corrected chi connectivity index (χ0v) is 19.7. The quantitative estimate of drug-likeness (QED) is 0.327. The number of nitrogen functional groups attached to an aromatic ring is 1. The highest BCUT2D eigenvalue weighted by atomic mass is 19.4. The van der Waals surface area contributed by atoms with E-state index in [9.17, 15) is 22.4 Å². The predicted octanol–water partition coefficient (Wildman–Crippen LogP) is 5.99. The molecular formula is C25H21F5N6O. The maximum atomic E-state index is 15.8. The van der Waals surface area contributed by atoms with Crippen molar-refractivity contribution in [2.24, 2.45) is 0 Å². The van der Waals surface area contributed by atoms with E-state index in [-0.39, 0.29) is 41.5 Å². The zero-order valence-electron chi connectivity index (χ0n) is 19.7. The Hall–Kier alpha value is -4.22. The van der Waals surface area contributed by atoms with Crippen molar-refractivity contribution in [1.29, 1.82) is 0 Å². The maximum absolute atomic E-state index is 15.8. The van der Waals surface area contributed by atoms with Gasteiger partial charge in [-0.25, -0.2) is 23.5 Å². The molecule has 12 heteroatoms. The summed E-state index contributed by atoms with van der Waals surface area (Å²) in [5.74, 6) is -0.766. The average molecular weight is 516 g/mol. The third kappa shape index (κ3) is 4.11. The van der Waals surface area contributed by atoms with Crippen LogP contribution in [0.5, 0.6) is 0 Å². The van der Waals surface area contributed by atoms with Gasteiger partial charge in [0.2, 0.25) is 0 Å². The number of benzene rings is 2. The van der Waals surface area contributed by atoms with Gasteiger partial charge in [0.25, 0.3) is 0 Å². The van der Waals surface area contributed by atoms with E-state index in [0.29, 0.717) is 35.2 Å². The molecule has 2 aromatic heterocycles. The Kier molecular flexibility index (Phi) is 5.76. The van der Waals surface area contributed by atoms with Gasteiger partial charge in [-0.05, 0) is 36.8 Å². The van der Waals surface area contributed by atoms with E-state index in [1.807, 2.05) is 13.8 Å². The van der Waals surface area contributed by atoms with E-state index in [1.54, 1.807) is 10.6 Å². The summed E-state index contributed by atoms with van der Waals surface area (Å²) in [6, 6.07) is 3.83. The number of rotatable bonds is 3. The first-order chi connectivity index (χ1) is 17.5. The number of amides is 2. The summed E-state index contributed by atoms with van der Waals surface area (Å²) in [6.45, 7) is 3.93. The number of nitrogens with two attached hydrogens (primary N) is 1. The molecule has 3 heterocycles. The topological polar surface area (TPSA) is 88.5 Å². The number of alkyl halides is 3. The van der Waals surface area contributed by atoms with Gasteiger partial charge in [-0.1, -0.05) is 13.8 Å². The van der Waals surface area contributed by atoms with Crippen LogP contribution in [0.25, 0.3) is 16.8 Å². The third-order valence-electron chi connectivity index (χ3n) is 6.26. The minimum atomic E-state index is -4.71. The summed E-state index contributed by atoms with van der Waals surface area (Å²) >= 11 is 0. The summed E-state index contributed by atoms with van der Waals surface area (Å²) in [5, 5.41) is 2.17. The molecule has 2 amide bonds. The van der Waals surface area contributed by atoms with E-state index in [1.165, 1.54) is 18.3 Å². The number of imidazole rings is 1. The van der Waals surface area contributed by atoms with E-state index in [4.69, 9.17) is 5.73 Å². The summed E-state index contributed by atoms with van der Waals surface area (Å²) < 4.78 is 70.7. The van der Waals surface area contributed by atoms with Crippen molar-refractivity contribution < 1.29 is 26.7 Å². The molecule has 0 aliphatic carbocycles. The largest absolute Gasteiger partial charge is 0.416 e. The molecule has 1 aliphatic rings. The normalized spacial score (nSPS) is 13.5. The van der Waals surface area contributed by atoms with Gasteiger partial charge in [-0.3, -0.25) is 9.30 Å². The number of aromatic nitrogens is 3. The van der Waals surface area contributed by atoms with E-state index >= 15 is 4.39 Å². The van der Waals surface area contributed by atoms with Crippen LogP contribution in [0.2, 0.25) is 0 Å². The fourth-order valence-electron chi connectivity index (χ4n) is 4.50. The first-order valence-electron chi connectivity index (χ1n) is 11.4. The molecule has 192 valence electrons. The lowest BCUT2D eigenvalue weighted by molar-refractivity contribution is -0.137. The molecule has 0 saturated carbocycles. The predicted molar refractivity (Wildman–Crippen MR) is 128 cm³/mol. The lowest BCUT2D eigenvalue weighted by Gasteiger charge is -2.19. The number of urea groups is 1. The maximum Gasteiger partial charge on any atom is 0.416 e. The van der Waals surface area contributed by atoms with Crippen LogP contribution >= 0.6 is 0 Å². The second kappa shape index (κ2) is 8.71. The van der Waals surface area contributed by atoms with Gasteiger partial charge in [0.1, 0.15) is 34.5 Å². The molecule has 0 radical (unpaired) electrons. The van der Waals surface area contributed by atoms with E-state index in [2.05, 4.69) is 15.3 Å². The number of halogens is 5. The van der Waals surface area contributed by atoms with Gasteiger partial charge < -0.3 is 11.1 Å². The first-order valence-corrected chi connectivity index (χ1v) is 11.4. The molecule has 0 fully saturated rings. The van der Waals surface area contributed by atoms with Crippen LogP contribution in [0.4, 0.5) is 43.9 Å². The van der Waals surface area contributed by atoms with Crippen molar-refractivity contribution in [2.45, 2.75) is 32.4 Å². The molecule has 0 atom stereocenters. The number of hydrogen-bond donors (Lipinski definition) is 2. The van der Waals surface area contributed by atoms with Crippen LogP contribution in [0.1, 0.15) is 36.7 Å². The number of nitrogens with zero attached hydrogens (tertiary/aromatic N) is 4. The standard InChI is InChI=1S/C25H21F5N6O/c1-12(2)23-34-20(21-22(31)32-8-10-36(21)23)15-4-6-18-14(19(15)27)7-9-35(18)24(37)33-17-11-13(25(28,29)30)3-5-16(17)26/h3-6,8,10-12H,7,9H2,1-2H3,(H2,31,32)(H,33,37). The molecule has 1 aliphatic heterocycles. The lowest BCUT2D eigenvalue weighted by atomic mass is 10.0. The Morgan fingerprint density at radius 3 is 2.62 bits per heavy atom. The van der Waals surface area contributed by atoms with Crippen LogP contribution in [0.3, 0.4) is 0 Å². The number of anilines is 3. The number of carbonyl (C=O) groups is 1. The fourth-order valence-corrected chi connectivity index (χ4v) is 4.50. The monoisotopic (exact) mass is 516 g/mol. The number of fused-ring (bicyclic) bond motifs is 2. The molecule has 4 aromatic rings. The summed E-state index contributed by atoms with van der Waals surface area (Å²) in [5.41, 5.74) is 5.76. The summed E-state index contributed by atoms with van der Waals surface area (Å²) in [6.07, 6.45) is -1.34.